The highest BCUT2D eigenvalue weighted by Crippen LogP contribution is 2.19. The minimum absolute atomic E-state index is 0.537. The Balaban J connectivity index is 2.11. The zero-order valence-electron chi connectivity index (χ0n) is 9.34. The first-order valence-electron chi connectivity index (χ1n) is 5.17. The lowest BCUT2D eigenvalue weighted by Crippen LogP contribution is -2.04. The number of aliphatic hydroxyl groups is 1. The van der Waals surface area contributed by atoms with E-state index in [4.69, 9.17) is 0 Å². The number of aryl methyl sites for hydroxylation is 2. The molecule has 0 saturated heterocycles. The first-order chi connectivity index (χ1) is 7.65. The van der Waals surface area contributed by atoms with Crippen LogP contribution in [0.5, 0.6) is 0 Å². The SMILES string of the molecule is Cc1ccnc(C(O)Cc2nc(C)cs2)c1. The van der Waals surface area contributed by atoms with Crippen LogP contribution in [0.15, 0.2) is 23.7 Å². The molecule has 0 aliphatic heterocycles. The van der Waals surface area contributed by atoms with Crippen LogP contribution >= 0.6 is 11.3 Å². The van der Waals surface area contributed by atoms with Crippen LogP contribution in [-0.2, 0) is 6.42 Å². The Morgan fingerprint density at radius 1 is 1.44 bits per heavy atom. The van der Waals surface area contributed by atoms with Crippen molar-refractivity contribution in [2.75, 3.05) is 0 Å². The van der Waals surface area contributed by atoms with Gasteiger partial charge < -0.3 is 5.11 Å². The van der Waals surface area contributed by atoms with E-state index in [1.54, 1.807) is 17.5 Å². The molecular formula is C12H14N2OS. The lowest BCUT2D eigenvalue weighted by atomic mass is 10.1. The summed E-state index contributed by atoms with van der Waals surface area (Å²) in [7, 11) is 0. The van der Waals surface area contributed by atoms with Crippen molar-refractivity contribution in [2.45, 2.75) is 26.4 Å². The maximum absolute atomic E-state index is 10.0. The predicted octanol–water partition coefficient (Wildman–Crippen LogP) is 2.43. The molecule has 1 atom stereocenters. The summed E-state index contributed by atoms with van der Waals surface area (Å²) in [4.78, 5) is 8.50. The van der Waals surface area contributed by atoms with E-state index in [2.05, 4.69) is 9.97 Å². The average Bonchev–Trinajstić information content (AvgIpc) is 2.64. The highest BCUT2D eigenvalue weighted by Gasteiger charge is 2.12. The summed E-state index contributed by atoms with van der Waals surface area (Å²) < 4.78 is 0. The number of aliphatic hydroxyl groups excluding tert-OH is 1. The summed E-state index contributed by atoms with van der Waals surface area (Å²) in [5.74, 6) is 0. The normalized spacial score (nSPS) is 12.7. The van der Waals surface area contributed by atoms with Crippen molar-refractivity contribution >= 4 is 11.3 Å². The van der Waals surface area contributed by atoms with E-state index in [-0.39, 0.29) is 0 Å². The molecule has 4 heteroatoms. The lowest BCUT2D eigenvalue weighted by Gasteiger charge is -2.08. The third-order valence-electron chi connectivity index (χ3n) is 2.31. The molecule has 2 heterocycles. The molecule has 0 bridgehead atoms. The second kappa shape index (κ2) is 4.72. The second-order valence-electron chi connectivity index (χ2n) is 3.86. The Hall–Kier alpha value is -1.26. The van der Waals surface area contributed by atoms with Gasteiger partial charge in [0, 0.05) is 23.7 Å². The van der Waals surface area contributed by atoms with Crippen molar-refractivity contribution in [2.24, 2.45) is 0 Å². The van der Waals surface area contributed by atoms with Gasteiger partial charge in [-0.15, -0.1) is 11.3 Å². The molecule has 0 saturated carbocycles. The summed E-state index contributed by atoms with van der Waals surface area (Å²) >= 11 is 1.58. The number of rotatable bonds is 3. The topological polar surface area (TPSA) is 46.0 Å². The van der Waals surface area contributed by atoms with E-state index in [1.807, 2.05) is 31.4 Å². The quantitative estimate of drug-likeness (QED) is 0.887. The molecule has 1 N–H and O–H groups in total. The van der Waals surface area contributed by atoms with Gasteiger partial charge in [-0.3, -0.25) is 4.98 Å². The van der Waals surface area contributed by atoms with E-state index in [9.17, 15) is 5.11 Å². The maximum atomic E-state index is 10.0. The molecule has 2 rings (SSSR count). The molecule has 1 unspecified atom stereocenters. The Kier molecular flexibility index (Phi) is 3.31. The number of hydrogen-bond acceptors (Lipinski definition) is 4. The van der Waals surface area contributed by atoms with Crippen molar-refractivity contribution in [3.63, 3.8) is 0 Å². The highest BCUT2D eigenvalue weighted by molar-refractivity contribution is 7.09. The minimum Gasteiger partial charge on any atom is -0.386 e. The van der Waals surface area contributed by atoms with Crippen molar-refractivity contribution in [1.29, 1.82) is 0 Å². The number of aromatic nitrogens is 2. The molecule has 0 fully saturated rings. The molecule has 2 aromatic heterocycles. The number of nitrogens with zero attached hydrogens (tertiary/aromatic N) is 2. The van der Waals surface area contributed by atoms with Gasteiger partial charge in [-0.2, -0.15) is 0 Å². The van der Waals surface area contributed by atoms with Crippen LogP contribution in [0, 0.1) is 13.8 Å². The van der Waals surface area contributed by atoms with Gasteiger partial charge in [0.25, 0.3) is 0 Å². The third-order valence-corrected chi connectivity index (χ3v) is 3.30. The van der Waals surface area contributed by atoms with Gasteiger partial charge >= 0.3 is 0 Å². The van der Waals surface area contributed by atoms with Gasteiger partial charge in [0.1, 0.15) is 6.10 Å². The van der Waals surface area contributed by atoms with Crippen molar-refractivity contribution in [3.8, 4) is 0 Å². The Morgan fingerprint density at radius 3 is 2.88 bits per heavy atom. The molecule has 2 aromatic rings. The summed E-state index contributed by atoms with van der Waals surface area (Å²) in [6, 6.07) is 3.83. The second-order valence-corrected chi connectivity index (χ2v) is 4.80. The smallest absolute Gasteiger partial charge is 0.102 e. The Bertz CT molecular complexity index is 481. The van der Waals surface area contributed by atoms with Crippen LogP contribution in [0.25, 0.3) is 0 Å². The zero-order valence-corrected chi connectivity index (χ0v) is 10.2. The molecular weight excluding hydrogens is 220 g/mol. The molecule has 0 spiro atoms. The minimum atomic E-state index is -0.564. The summed E-state index contributed by atoms with van der Waals surface area (Å²) in [5, 5.41) is 13.0. The summed E-state index contributed by atoms with van der Waals surface area (Å²) in [6.07, 6.45) is 1.70. The van der Waals surface area contributed by atoms with E-state index in [1.165, 1.54) is 0 Å². The van der Waals surface area contributed by atoms with Gasteiger partial charge in [-0.05, 0) is 31.5 Å². The van der Waals surface area contributed by atoms with Crippen molar-refractivity contribution in [1.82, 2.24) is 9.97 Å². The monoisotopic (exact) mass is 234 g/mol. The first-order valence-corrected chi connectivity index (χ1v) is 6.05. The largest absolute Gasteiger partial charge is 0.386 e. The first kappa shape index (κ1) is 11.2. The molecule has 0 radical (unpaired) electrons. The molecule has 0 aliphatic rings. The number of pyridine rings is 1. The van der Waals surface area contributed by atoms with E-state index in [0.717, 1.165) is 16.3 Å². The fraction of sp³-hybridized carbons (Fsp3) is 0.333. The number of thiazole rings is 1. The fourth-order valence-electron chi connectivity index (χ4n) is 1.51. The molecule has 0 amide bonds. The van der Waals surface area contributed by atoms with Crippen LogP contribution in [0.2, 0.25) is 0 Å². The predicted molar refractivity (Wildman–Crippen MR) is 64.5 cm³/mol. The van der Waals surface area contributed by atoms with Gasteiger partial charge in [0.15, 0.2) is 0 Å². The molecule has 16 heavy (non-hydrogen) atoms. The zero-order chi connectivity index (χ0) is 11.5. The van der Waals surface area contributed by atoms with Gasteiger partial charge in [0.2, 0.25) is 0 Å². The van der Waals surface area contributed by atoms with Crippen LogP contribution in [0.1, 0.15) is 28.1 Å². The van der Waals surface area contributed by atoms with Gasteiger partial charge in [-0.1, -0.05) is 0 Å². The van der Waals surface area contributed by atoms with E-state index < -0.39 is 6.10 Å². The van der Waals surface area contributed by atoms with Crippen LogP contribution in [-0.4, -0.2) is 15.1 Å². The van der Waals surface area contributed by atoms with E-state index in [0.29, 0.717) is 12.1 Å². The van der Waals surface area contributed by atoms with Crippen LogP contribution in [0.4, 0.5) is 0 Å². The van der Waals surface area contributed by atoms with Crippen LogP contribution < -0.4 is 0 Å². The van der Waals surface area contributed by atoms with Gasteiger partial charge in [0.05, 0.1) is 10.7 Å². The summed E-state index contributed by atoms with van der Waals surface area (Å²) in [5.41, 5.74) is 2.83. The average molecular weight is 234 g/mol. The molecule has 3 nitrogen and oxygen atoms in total. The molecule has 84 valence electrons. The third kappa shape index (κ3) is 2.65. The molecule has 0 aliphatic carbocycles. The maximum Gasteiger partial charge on any atom is 0.102 e. The standard InChI is InChI=1S/C12H14N2OS/c1-8-3-4-13-10(5-8)11(15)6-12-14-9(2)7-16-12/h3-5,7,11,15H,6H2,1-2H3. The highest BCUT2D eigenvalue weighted by atomic mass is 32.1. The Morgan fingerprint density at radius 2 is 2.25 bits per heavy atom. The van der Waals surface area contributed by atoms with Crippen molar-refractivity contribution < 1.29 is 5.11 Å². The van der Waals surface area contributed by atoms with Gasteiger partial charge in [-0.25, -0.2) is 4.98 Å². The fourth-order valence-corrected chi connectivity index (χ4v) is 2.32. The van der Waals surface area contributed by atoms with E-state index >= 15 is 0 Å². The van der Waals surface area contributed by atoms with Crippen molar-refractivity contribution in [3.05, 3.63) is 45.7 Å². The Labute approximate surface area is 98.8 Å². The lowest BCUT2D eigenvalue weighted by molar-refractivity contribution is 0.173. The summed E-state index contributed by atoms with van der Waals surface area (Å²) in [6.45, 7) is 3.95. The van der Waals surface area contributed by atoms with Crippen LogP contribution in [0.3, 0.4) is 0 Å². The molecule has 0 aromatic carbocycles. The number of hydrogen-bond donors (Lipinski definition) is 1.